The molecule has 2 nitrogen and oxygen atoms in total. The molecule has 0 bridgehead atoms. The Morgan fingerprint density at radius 2 is 2.33 bits per heavy atom. The van der Waals surface area contributed by atoms with Crippen molar-refractivity contribution >= 4 is 11.8 Å². The van der Waals surface area contributed by atoms with Crippen LogP contribution >= 0.6 is 11.8 Å². The Labute approximate surface area is 79.6 Å². The Morgan fingerprint density at radius 1 is 1.58 bits per heavy atom. The van der Waals surface area contributed by atoms with Gasteiger partial charge in [0.15, 0.2) is 0 Å². The van der Waals surface area contributed by atoms with Crippen LogP contribution in [-0.4, -0.2) is 17.5 Å². The molecule has 3 N–H and O–H groups in total. The lowest BCUT2D eigenvalue weighted by molar-refractivity contribution is 0.331. The Balaban J connectivity index is 2.32. The van der Waals surface area contributed by atoms with Gasteiger partial charge in [0.25, 0.3) is 0 Å². The van der Waals surface area contributed by atoms with Crippen molar-refractivity contribution < 1.29 is 0 Å². The van der Waals surface area contributed by atoms with E-state index in [9.17, 15) is 0 Å². The van der Waals surface area contributed by atoms with Gasteiger partial charge in [0.2, 0.25) is 0 Å². The van der Waals surface area contributed by atoms with Crippen LogP contribution < -0.4 is 11.3 Å². The minimum Gasteiger partial charge on any atom is -0.271 e. The number of hydrogen-bond donors (Lipinski definition) is 2. The second-order valence-electron chi connectivity index (χ2n) is 4.03. The molecule has 0 aromatic carbocycles. The summed E-state index contributed by atoms with van der Waals surface area (Å²) >= 11 is 2.06. The van der Waals surface area contributed by atoms with Gasteiger partial charge in [-0.25, -0.2) is 0 Å². The van der Waals surface area contributed by atoms with Crippen molar-refractivity contribution in [1.29, 1.82) is 0 Å². The summed E-state index contributed by atoms with van der Waals surface area (Å²) in [6.07, 6.45) is 2.55. The van der Waals surface area contributed by atoms with Gasteiger partial charge in [0.05, 0.1) is 0 Å². The maximum atomic E-state index is 5.54. The summed E-state index contributed by atoms with van der Waals surface area (Å²) in [7, 11) is 0. The summed E-state index contributed by atoms with van der Waals surface area (Å²) in [6, 6.07) is 0.542. The third-order valence-corrected chi connectivity index (χ3v) is 3.66. The van der Waals surface area contributed by atoms with E-state index < -0.39 is 0 Å². The van der Waals surface area contributed by atoms with Crippen LogP contribution in [0.3, 0.4) is 0 Å². The maximum Gasteiger partial charge on any atom is 0.0249 e. The molecule has 3 heteroatoms. The highest BCUT2D eigenvalue weighted by Gasteiger charge is 2.24. The molecule has 2 unspecified atom stereocenters. The van der Waals surface area contributed by atoms with Gasteiger partial charge < -0.3 is 0 Å². The monoisotopic (exact) mass is 188 g/mol. The molecule has 0 aromatic heterocycles. The smallest absolute Gasteiger partial charge is 0.0249 e. The molecule has 2 atom stereocenters. The number of hydrogen-bond acceptors (Lipinski definition) is 3. The Morgan fingerprint density at radius 3 is 2.75 bits per heavy atom. The molecule has 1 fully saturated rings. The van der Waals surface area contributed by atoms with Crippen LogP contribution in [0.25, 0.3) is 0 Å². The fourth-order valence-corrected chi connectivity index (χ4v) is 3.11. The lowest BCUT2D eigenvalue weighted by Gasteiger charge is -2.23. The van der Waals surface area contributed by atoms with E-state index in [-0.39, 0.29) is 0 Å². The van der Waals surface area contributed by atoms with Gasteiger partial charge in [0.1, 0.15) is 0 Å². The van der Waals surface area contributed by atoms with E-state index in [0.29, 0.717) is 6.04 Å². The summed E-state index contributed by atoms with van der Waals surface area (Å²) < 4.78 is 0. The Bertz CT molecular complexity index is 122. The highest BCUT2D eigenvalue weighted by Crippen LogP contribution is 2.28. The van der Waals surface area contributed by atoms with Crippen LogP contribution in [0.1, 0.15) is 26.7 Å². The molecule has 1 heterocycles. The van der Waals surface area contributed by atoms with Gasteiger partial charge in [-0.05, 0) is 36.2 Å². The van der Waals surface area contributed by atoms with Crippen molar-refractivity contribution in [2.45, 2.75) is 32.7 Å². The van der Waals surface area contributed by atoms with Crippen molar-refractivity contribution in [3.63, 3.8) is 0 Å². The van der Waals surface area contributed by atoms with Gasteiger partial charge in [-0.3, -0.25) is 11.3 Å². The first kappa shape index (κ1) is 10.4. The quantitative estimate of drug-likeness (QED) is 0.520. The molecule has 1 rings (SSSR count). The molecule has 1 saturated heterocycles. The molecule has 0 radical (unpaired) electrons. The molecule has 0 saturated carbocycles. The lowest BCUT2D eigenvalue weighted by atomic mass is 9.92. The van der Waals surface area contributed by atoms with Crippen molar-refractivity contribution in [1.82, 2.24) is 5.43 Å². The summed E-state index contributed by atoms with van der Waals surface area (Å²) in [6.45, 7) is 4.51. The van der Waals surface area contributed by atoms with E-state index in [4.69, 9.17) is 5.84 Å². The molecule has 1 aliphatic rings. The van der Waals surface area contributed by atoms with Crippen LogP contribution in [0, 0.1) is 11.8 Å². The zero-order chi connectivity index (χ0) is 8.97. The fourth-order valence-electron chi connectivity index (χ4n) is 1.77. The summed E-state index contributed by atoms with van der Waals surface area (Å²) in [5.74, 6) is 9.71. The molecular formula is C9H20N2S. The number of nitrogens with one attached hydrogen (secondary N) is 1. The summed E-state index contributed by atoms with van der Waals surface area (Å²) in [5.41, 5.74) is 2.96. The normalized spacial score (nSPS) is 26.5. The van der Waals surface area contributed by atoms with Gasteiger partial charge in [-0.1, -0.05) is 13.8 Å². The third kappa shape index (κ3) is 2.96. The van der Waals surface area contributed by atoms with E-state index >= 15 is 0 Å². The number of hydrazine groups is 1. The van der Waals surface area contributed by atoms with Crippen LogP contribution in [0.4, 0.5) is 0 Å². The third-order valence-electron chi connectivity index (χ3n) is 2.47. The van der Waals surface area contributed by atoms with Crippen molar-refractivity contribution in [3.05, 3.63) is 0 Å². The molecule has 12 heavy (non-hydrogen) atoms. The van der Waals surface area contributed by atoms with Gasteiger partial charge >= 0.3 is 0 Å². The van der Waals surface area contributed by atoms with Crippen LogP contribution in [0.5, 0.6) is 0 Å². The molecule has 0 spiro atoms. The van der Waals surface area contributed by atoms with Gasteiger partial charge in [0, 0.05) is 6.04 Å². The second kappa shape index (κ2) is 5.10. The average Bonchev–Trinajstić information content (AvgIpc) is 2.51. The van der Waals surface area contributed by atoms with Gasteiger partial charge in [-0.2, -0.15) is 11.8 Å². The minimum absolute atomic E-state index is 0.542. The predicted octanol–water partition coefficient (Wildman–Crippen LogP) is 1.62. The summed E-state index contributed by atoms with van der Waals surface area (Å²) in [5, 5.41) is 0. The van der Waals surface area contributed by atoms with E-state index in [1.165, 1.54) is 24.3 Å². The predicted molar refractivity (Wildman–Crippen MR) is 56.0 cm³/mol. The topological polar surface area (TPSA) is 38.0 Å². The fraction of sp³-hybridized carbons (Fsp3) is 1.00. The number of rotatable bonds is 4. The molecule has 0 aliphatic carbocycles. The lowest BCUT2D eigenvalue weighted by Crippen LogP contribution is -2.41. The van der Waals surface area contributed by atoms with E-state index in [0.717, 1.165) is 11.8 Å². The molecular weight excluding hydrogens is 168 g/mol. The van der Waals surface area contributed by atoms with E-state index in [2.05, 4.69) is 31.0 Å². The molecule has 0 amide bonds. The maximum absolute atomic E-state index is 5.54. The first-order chi connectivity index (χ1) is 5.74. The first-order valence-corrected chi connectivity index (χ1v) is 5.93. The Kier molecular flexibility index (Phi) is 4.40. The highest BCUT2D eigenvalue weighted by atomic mass is 32.2. The van der Waals surface area contributed by atoms with E-state index in [1.54, 1.807) is 0 Å². The largest absolute Gasteiger partial charge is 0.271 e. The standard InChI is InChI=1S/C9H20N2S/c1-7(2)5-9(11-10)8-3-4-12-6-8/h7-9,11H,3-6,10H2,1-2H3. The van der Waals surface area contributed by atoms with Gasteiger partial charge in [-0.15, -0.1) is 0 Å². The van der Waals surface area contributed by atoms with Crippen molar-refractivity contribution in [3.8, 4) is 0 Å². The van der Waals surface area contributed by atoms with Crippen molar-refractivity contribution in [2.75, 3.05) is 11.5 Å². The second-order valence-corrected chi connectivity index (χ2v) is 5.18. The minimum atomic E-state index is 0.542. The zero-order valence-corrected chi connectivity index (χ0v) is 8.86. The number of thioether (sulfide) groups is 1. The van der Waals surface area contributed by atoms with Crippen LogP contribution in [-0.2, 0) is 0 Å². The Hall–Kier alpha value is 0.270. The SMILES string of the molecule is CC(C)CC(NN)C1CCSC1. The first-order valence-electron chi connectivity index (χ1n) is 4.78. The highest BCUT2D eigenvalue weighted by molar-refractivity contribution is 7.99. The van der Waals surface area contributed by atoms with E-state index in [1.807, 2.05) is 0 Å². The summed E-state index contributed by atoms with van der Waals surface area (Å²) in [4.78, 5) is 0. The van der Waals surface area contributed by atoms with Crippen molar-refractivity contribution in [2.24, 2.45) is 17.7 Å². The van der Waals surface area contributed by atoms with Crippen LogP contribution in [0.15, 0.2) is 0 Å². The average molecular weight is 188 g/mol. The molecule has 0 aromatic rings. The molecule has 1 aliphatic heterocycles. The number of nitrogens with two attached hydrogens (primary N) is 1. The zero-order valence-electron chi connectivity index (χ0n) is 8.05. The molecule has 72 valence electrons. The van der Waals surface area contributed by atoms with Crippen LogP contribution in [0.2, 0.25) is 0 Å².